The third kappa shape index (κ3) is 9.27. The summed E-state index contributed by atoms with van der Waals surface area (Å²) in [6, 6.07) is 0. The van der Waals surface area contributed by atoms with Crippen LogP contribution >= 0.6 is 0 Å². The topological polar surface area (TPSA) is 9.23 Å². The minimum absolute atomic E-state index is 0.637. The van der Waals surface area contributed by atoms with E-state index in [-0.39, 0.29) is 0 Å². The van der Waals surface area contributed by atoms with Gasteiger partial charge in [-0.05, 0) is 33.6 Å². The van der Waals surface area contributed by atoms with Crippen molar-refractivity contribution < 1.29 is 4.74 Å². The molecule has 0 aromatic heterocycles. The number of hydrogen-bond acceptors (Lipinski definition) is 1. The minimum atomic E-state index is 0.637. The Morgan fingerprint density at radius 2 is 1.86 bits per heavy atom. The Hall–Kier alpha value is -0.820. The van der Waals surface area contributed by atoms with Crippen molar-refractivity contribution in [3.8, 4) is 0 Å². The fraction of sp³-hybridized carbons (Fsp3) is 0.538. The molecule has 0 radical (unpaired) electrons. The Balaban J connectivity index is 3.56. The van der Waals surface area contributed by atoms with Crippen LogP contribution in [-0.4, -0.2) is 13.2 Å². The molecule has 0 amide bonds. The first-order valence-corrected chi connectivity index (χ1v) is 5.14. The maximum absolute atomic E-state index is 5.27. The van der Waals surface area contributed by atoms with Gasteiger partial charge in [-0.3, -0.25) is 0 Å². The van der Waals surface area contributed by atoms with Crippen LogP contribution in [0.2, 0.25) is 0 Å². The van der Waals surface area contributed by atoms with Crippen LogP contribution in [0, 0.1) is 0 Å². The summed E-state index contributed by atoms with van der Waals surface area (Å²) >= 11 is 0. The van der Waals surface area contributed by atoms with Crippen LogP contribution in [0.25, 0.3) is 0 Å². The van der Waals surface area contributed by atoms with Crippen molar-refractivity contribution in [2.24, 2.45) is 0 Å². The highest BCUT2D eigenvalue weighted by Crippen LogP contribution is 2.06. The summed E-state index contributed by atoms with van der Waals surface area (Å²) in [6.45, 7) is 11.3. The molecule has 0 fully saturated rings. The fourth-order valence-electron chi connectivity index (χ4n) is 1.04. The molecule has 0 atom stereocenters. The molecular formula is C13H22O. The number of hydrogen-bond donors (Lipinski definition) is 0. The number of ether oxygens (including phenoxy) is 1. The van der Waals surface area contributed by atoms with Crippen LogP contribution in [-0.2, 0) is 4.74 Å². The smallest absolute Gasteiger partial charge is 0.0654 e. The SMILES string of the molecule is C=CCOC/C=C(\C)CCC=C(C)C. The molecule has 0 N–H and O–H groups in total. The summed E-state index contributed by atoms with van der Waals surface area (Å²) in [5, 5.41) is 0. The van der Waals surface area contributed by atoms with Crippen molar-refractivity contribution in [2.45, 2.75) is 33.6 Å². The van der Waals surface area contributed by atoms with Gasteiger partial charge in [-0.2, -0.15) is 0 Å². The van der Waals surface area contributed by atoms with Crippen molar-refractivity contribution in [1.29, 1.82) is 0 Å². The van der Waals surface area contributed by atoms with Gasteiger partial charge in [0.25, 0.3) is 0 Å². The highest BCUT2D eigenvalue weighted by molar-refractivity contribution is 5.02. The van der Waals surface area contributed by atoms with E-state index in [0.29, 0.717) is 13.2 Å². The van der Waals surface area contributed by atoms with Gasteiger partial charge in [-0.15, -0.1) is 6.58 Å². The lowest BCUT2D eigenvalue weighted by Crippen LogP contribution is -1.91. The predicted molar refractivity (Wildman–Crippen MR) is 63.4 cm³/mol. The first kappa shape index (κ1) is 13.2. The van der Waals surface area contributed by atoms with Crippen molar-refractivity contribution in [1.82, 2.24) is 0 Å². The van der Waals surface area contributed by atoms with Crippen LogP contribution in [0.3, 0.4) is 0 Å². The first-order valence-electron chi connectivity index (χ1n) is 5.14. The Kier molecular flexibility index (Phi) is 8.25. The normalized spacial score (nSPS) is 11.2. The van der Waals surface area contributed by atoms with E-state index in [1.807, 2.05) is 0 Å². The molecule has 1 heteroatoms. The van der Waals surface area contributed by atoms with E-state index in [2.05, 4.69) is 39.5 Å². The largest absolute Gasteiger partial charge is 0.373 e. The van der Waals surface area contributed by atoms with E-state index in [1.165, 1.54) is 11.1 Å². The zero-order valence-electron chi connectivity index (χ0n) is 9.68. The van der Waals surface area contributed by atoms with Crippen LogP contribution in [0.5, 0.6) is 0 Å². The summed E-state index contributed by atoms with van der Waals surface area (Å²) in [5.41, 5.74) is 2.78. The molecule has 1 nitrogen and oxygen atoms in total. The first-order chi connectivity index (χ1) is 6.66. The molecular weight excluding hydrogens is 172 g/mol. The monoisotopic (exact) mass is 194 g/mol. The molecule has 80 valence electrons. The molecule has 0 rings (SSSR count). The van der Waals surface area contributed by atoms with Crippen LogP contribution in [0.4, 0.5) is 0 Å². The van der Waals surface area contributed by atoms with Gasteiger partial charge in [0.15, 0.2) is 0 Å². The molecule has 0 aromatic rings. The molecule has 0 saturated carbocycles. The van der Waals surface area contributed by atoms with E-state index in [4.69, 9.17) is 4.74 Å². The average Bonchev–Trinajstić information content (AvgIpc) is 2.12. The Morgan fingerprint density at radius 3 is 2.43 bits per heavy atom. The Labute approximate surface area is 88.2 Å². The van der Waals surface area contributed by atoms with Gasteiger partial charge in [0, 0.05) is 0 Å². The van der Waals surface area contributed by atoms with Crippen LogP contribution < -0.4 is 0 Å². The number of allylic oxidation sites excluding steroid dienone is 3. The van der Waals surface area contributed by atoms with Crippen molar-refractivity contribution in [3.63, 3.8) is 0 Å². The van der Waals surface area contributed by atoms with Gasteiger partial charge in [0.1, 0.15) is 0 Å². The van der Waals surface area contributed by atoms with Gasteiger partial charge < -0.3 is 4.74 Å². The lowest BCUT2D eigenvalue weighted by Gasteiger charge is -1.99. The van der Waals surface area contributed by atoms with E-state index >= 15 is 0 Å². The lowest BCUT2D eigenvalue weighted by molar-refractivity contribution is 0.193. The van der Waals surface area contributed by atoms with Crippen LogP contribution in [0.15, 0.2) is 36.0 Å². The van der Waals surface area contributed by atoms with E-state index in [9.17, 15) is 0 Å². The van der Waals surface area contributed by atoms with Gasteiger partial charge in [-0.1, -0.05) is 29.4 Å². The lowest BCUT2D eigenvalue weighted by atomic mass is 10.1. The third-order valence-corrected chi connectivity index (χ3v) is 1.88. The van der Waals surface area contributed by atoms with E-state index in [1.54, 1.807) is 6.08 Å². The summed E-state index contributed by atoms with van der Waals surface area (Å²) in [7, 11) is 0. The molecule has 0 aromatic carbocycles. The summed E-state index contributed by atoms with van der Waals surface area (Å²) in [6.07, 6.45) is 8.44. The highest BCUT2D eigenvalue weighted by atomic mass is 16.5. The van der Waals surface area contributed by atoms with Crippen molar-refractivity contribution >= 4 is 0 Å². The second-order valence-corrected chi connectivity index (χ2v) is 3.70. The molecule has 0 aliphatic rings. The zero-order valence-corrected chi connectivity index (χ0v) is 9.68. The van der Waals surface area contributed by atoms with Crippen LogP contribution in [0.1, 0.15) is 33.6 Å². The maximum Gasteiger partial charge on any atom is 0.0654 e. The highest BCUT2D eigenvalue weighted by Gasteiger charge is 1.88. The van der Waals surface area contributed by atoms with Gasteiger partial charge >= 0.3 is 0 Å². The molecule has 0 spiro atoms. The molecule has 0 heterocycles. The van der Waals surface area contributed by atoms with Crippen molar-refractivity contribution in [2.75, 3.05) is 13.2 Å². The summed E-state index contributed by atoms with van der Waals surface area (Å²) in [4.78, 5) is 0. The zero-order chi connectivity index (χ0) is 10.8. The molecule has 0 aliphatic heterocycles. The van der Waals surface area contributed by atoms with E-state index in [0.717, 1.165) is 12.8 Å². The maximum atomic E-state index is 5.27. The summed E-state index contributed by atoms with van der Waals surface area (Å²) in [5.74, 6) is 0. The molecule has 0 aliphatic carbocycles. The van der Waals surface area contributed by atoms with E-state index < -0.39 is 0 Å². The van der Waals surface area contributed by atoms with Crippen molar-refractivity contribution in [3.05, 3.63) is 36.0 Å². The fourth-order valence-corrected chi connectivity index (χ4v) is 1.04. The van der Waals surface area contributed by atoms with Gasteiger partial charge in [0.2, 0.25) is 0 Å². The van der Waals surface area contributed by atoms with Gasteiger partial charge in [0.05, 0.1) is 13.2 Å². The molecule has 0 saturated heterocycles. The second-order valence-electron chi connectivity index (χ2n) is 3.70. The van der Waals surface area contributed by atoms with Gasteiger partial charge in [-0.25, -0.2) is 0 Å². The standard InChI is InChI=1S/C13H22O/c1-5-10-14-11-9-13(4)8-6-7-12(2)3/h5,7,9H,1,6,8,10-11H2,2-4H3/b13-9+. The molecule has 14 heavy (non-hydrogen) atoms. The Bertz CT molecular complexity index is 207. The average molecular weight is 194 g/mol. The Morgan fingerprint density at radius 1 is 1.14 bits per heavy atom. The predicted octanol–water partition coefficient (Wildman–Crippen LogP) is 3.88. The number of rotatable bonds is 7. The molecule has 0 bridgehead atoms. The molecule has 0 unspecified atom stereocenters. The second kappa shape index (κ2) is 8.76. The third-order valence-electron chi connectivity index (χ3n) is 1.88. The quantitative estimate of drug-likeness (QED) is 0.441. The summed E-state index contributed by atoms with van der Waals surface area (Å²) < 4.78 is 5.27. The minimum Gasteiger partial charge on any atom is -0.373 e.